The molecule has 1 aliphatic rings. The highest BCUT2D eigenvalue weighted by Crippen LogP contribution is 2.27. The molecule has 3 heteroatoms. The SMILES string of the molecule is Cc1cc(C[C@@H]2CCC[C@H]2N)n(C)n1. The first-order chi connectivity index (χ1) is 6.66. The first-order valence-electron chi connectivity index (χ1n) is 5.42. The molecular formula is C11H19N3. The van der Waals surface area contributed by atoms with Crippen LogP contribution in [-0.4, -0.2) is 15.8 Å². The highest BCUT2D eigenvalue weighted by atomic mass is 15.3. The molecule has 0 radical (unpaired) electrons. The van der Waals surface area contributed by atoms with Crippen molar-refractivity contribution in [3.05, 3.63) is 17.5 Å². The molecule has 0 spiro atoms. The minimum atomic E-state index is 0.408. The molecule has 0 amide bonds. The first-order valence-corrected chi connectivity index (χ1v) is 5.42. The summed E-state index contributed by atoms with van der Waals surface area (Å²) in [6, 6.07) is 2.58. The van der Waals surface area contributed by atoms with Crippen LogP contribution in [0.15, 0.2) is 6.07 Å². The number of aryl methyl sites for hydroxylation is 2. The Bertz CT molecular complexity index is 316. The van der Waals surface area contributed by atoms with Crippen molar-refractivity contribution >= 4 is 0 Å². The predicted octanol–water partition coefficient (Wildman–Crippen LogP) is 1.40. The average molecular weight is 193 g/mol. The number of aromatic nitrogens is 2. The van der Waals surface area contributed by atoms with Crippen LogP contribution in [0.4, 0.5) is 0 Å². The summed E-state index contributed by atoms with van der Waals surface area (Å²) in [6.45, 7) is 2.04. The Labute approximate surface area is 85.3 Å². The minimum Gasteiger partial charge on any atom is -0.327 e. The van der Waals surface area contributed by atoms with Gasteiger partial charge in [0.1, 0.15) is 0 Å². The summed E-state index contributed by atoms with van der Waals surface area (Å²) in [7, 11) is 2.02. The quantitative estimate of drug-likeness (QED) is 0.771. The monoisotopic (exact) mass is 193 g/mol. The fourth-order valence-electron chi connectivity index (χ4n) is 2.44. The Balaban J connectivity index is 2.06. The molecular weight excluding hydrogens is 174 g/mol. The van der Waals surface area contributed by atoms with E-state index in [1.165, 1.54) is 25.0 Å². The maximum absolute atomic E-state index is 6.05. The molecule has 2 atom stereocenters. The second-order valence-electron chi connectivity index (χ2n) is 4.46. The van der Waals surface area contributed by atoms with Crippen LogP contribution in [0.5, 0.6) is 0 Å². The number of nitrogens with zero attached hydrogens (tertiary/aromatic N) is 2. The predicted molar refractivity (Wildman–Crippen MR) is 57.0 cm³/mol. The lowest BCUT2D eigenvalue weighted by atomic mass is 9.98. The molecule has 1 aliphatic carbocycles. The van der Waals surface area contributed by atoms with Crippen molar-refractivity contribution in [3.8, 4) is 0 Å². The lowest BCUT2D eigenvalue weighted by Crippen LogP contribution is -2.26. The van der Waals surface area contributed by atoms with E-state index < -0.39 is 0 Å². The Kier molecular flexibility index (Phi) is 2.59. The normalized spacial score (nSPS) is 27.1. The van der Waals surface area contributed by atoms with Gasteiger partial charge in [0.05, 0.1) is 5.69 Å². The summed E-state index contributed by atoms with van der Waals surface area (Å²) in [4.78, 5) is 0. The van der Waals surface area contributed by atoms with Gasteiger partial charge < -0.3 is 5.73 Å². The van der Waals surface area contributed by atoms with Crippen LogP contribution in [0.2, 0.25) is 0 Å². The van der Waals surface area contributed by atoms with Gasteiger partial charge in [-0.15, -0.1) is 0 Å². The van der Waals surface area contributed by atoms with Gasteiger partial charge in [0.25, 0.3) is 0 Å². The lowest BCUT2D eigenvalue weighted by Gasteiger charge is -2.14. The Morgan fingerprint density at radius 2 is 2.36 bits per heavy atom. The topological polar surface area (TPSA) is 43.8 Å². The zero-order chi connectivity index (χ0) is 10.1. The van der Waals surface area contributed by atoms with Gasteiger partial charge in [-0.05, 0) is 38.2 Å². The van der Waals surface area contributed by atoms with Gasteiger partial charge in [-0.2, -0.15) is 5.10 Å². The molecule has 0 aromatic carbocycles. The van der Waals surface area contributed by atoms with Crippen LogP contribution in [0.1, 0.15) is 30.7 Å². The molecule has 14 heavy (non-hydrogen) atoms. The summed E-state index contributed by atoms with van der Waals surface area (Å²) in [6.07, 6.45) is 4.87. The molecule has 3 nitrogen and oxygen atoms in total. The van der Waals surface area contributed by atoms with Crippen LogP contribution >= 0.6 is 0 Å². The van der Waals surface area contributed by atoms with Gasteiger partial charge in [-0.25, -0.2) is 0 Å². The molecule has 0 unspecified atom stereocenters. The molecule has 1 heterocycles. The molecule has 1 aromatic heterocycles. The molecule has 78 valence electrons. The zero-order valence-corrected chi connectivity index (χ0v) is 9.03. The van der Waals surface area contributed by atoms with E-state index in [0.717, 1.165) is 12.1 Å². The highest BCUT2D eigenvalue weighted by molar-refractivity contribution is 5.10. The zero-order valence-electron chi connectivity index (χ0n) is 9.03. The summed E-state index contributed by atoms with van der Waals surface area (Å²) < 4.78 is 1.99. The van der Waals surface area contributed by atoms with E-state index in [-0.39, 0.29) is 0 Å². The van der Waals surface area contributed by atoms with Crippen LogP contribution < -0.4 is 5.73 Å². The third kappa shape index (κ3) is 1.82. The van der Waals surface area contributed by atoms with Gasteiger partial charge in [-0.3, -0.25) is 4.68 Å². The van der Waals surface area contributed by atoms with Crippen molar-refractivity contribution < 1.29 is 0 Å². The minimum absolute atomic E-state index is 0.408. The number of nitrogens with two attached hydrogens (primary N) is 1. The molecule has 0 saturated heterocycles. The Morgan fingerprint density at radius 1 is 1.57 bits per heavy atom. The van der Waals surface area contributed by atoms with E-state index in [1.54, 1.807) is 0 Å². The van der Waals surface area contributed by atoms with Crippen LogP contribution in [-0.2, 0) is 13.5 Å². The van der Waals surface area contributed by atoms with Gasteiger partial charge in [0.2, 0.25) is 0 Å². The van der Waals surface area contributed by atoms with Crippen molar-refractivity contribution in [2.75, 3.05) is 0 Å². The second-order valence-corrected chi connectivity index (χ2v) is 4.46. The van der Waals surface area contributed by atoms with Gasteiger partial charge >= 0.3 is 0 Å². The standard InChI is InChI=1S/C11H19N3/c1-8-6-10(14(2)13-8)7-9-4-3-5-11(9)12/h6,9,11H,3-5,7,12H2,1-2H3/t9-,11+/m0/s1. The van der Waals surface area contributed by atoms with Crippen molar-refractivity contribution in [1.82, 2.24) is 9.78 Å². The summed E-state index contributed by atoms with van der Waals surface area (Å²) >= 11 is 0. The molecule has 1 fully saturated rings. The van der Waals surface area contributed by atoms with E-state index in [4.69, 9.17) is 5.73 Å². The molecule has 2 rings (SSSR count). The van der Waals surface area contributed by atoms with E-state index in [1.807, 2.05) is 18.7 Å². The first kappa shape index (κ1) is 9.71. The highest BCUT2D eigenvalue weighted by Gasteiger charge is 2.24. The smallest absolute Gasteiger partial charge is 0.0596 e. The van der Waals surface area contributed by atoms with Crippen LogP contribution in [0.3, 0.4) is 0 Å². The van der Waals surface area contributed by atoms with Crippen molar-refractivity contribution in [1.29, 1.82) is 0 Å². The Hall–Kier alpha value is -0.830. The van der Waals surface area contributed by atoms with E-state index >= 15 is 0 Å². The van der Waals surface area contributed by atoms with E-state index in [0.29, 0.717) is 12.0 Å². The molecule has 1 saturated carbocycles. The largest absolute Gasteiger partial charge is 0.327 e. The number of hydrogen-bond acceptors (Lipinski definition) is 2. The fourth-order valence-corrected chi connectivity index (χ4v) is 2.44. The van der Waals surface area contributed by atoms with Crippen LogP contribution in [0, 0.1) is 12.8 Å². The van der Waals surface area contributed by atoms with E-state index in [2.05, 4.69) is 11.2 Å². The molecule has 0 bridgehead atoms. The van der Waals surface area contributed by atoms with E-state index in [9.17, 15) is 0 Å². The summed E-state index contributed by atoms with van der Waals surface area (Å²) in [5, 5.41) is 4.35. The summed E-state index contributed by atoms with van der Waals surface area (Å²) in [5.74, 6) is 0.671. The lowest BCUT2D eigenvalue weighted by molar-refractivity contribution is 0.463. The Morgan fingerprint density at radius 3 is 2.86 bits per heavy atom. The van der Waals surface area contributed by atoms with Gasteiger partial charge in [-0.1, -0.05) is 6.42 Å². The molecule has 0 aliphatic heterocycles. The van der Waals surface area contributed by atoms with Crippen LogP contribution in [0.25, 0.3) is 0 Å². The fraction of sp³-hybridized carbons (Fsp3) is 0.727. The second kappa shape index (κ2) is 3.73. The maximum Gasteiger partial charge on any atom is 0.0596 e. The summed E-state index contributed by atoms with van der Waals surface area (Å²) in [5.41, 5.74) is 8.48. The van der Waals surface area contributed by atoms with Crippen molar-refractivity contribution in [2.24, 2.45) is 18.7 Å². The third-order valence-corrected chi connectivity index (χ3v) is 3.29. The number of rotatable bonds is 2. The average Bonchev–Trinajstić information content (AvgIpc) is 2.62. The van der Waals surface area contributed by atoms with Crippen molar-refractivity contribution in [3.63, 3.8) is 0 Å². The molecule has 2 N–H and O–H groups in total. The maximum atomic E-state index is 6.05. The van der Waals surface area contributed by atoms with Gasteiger partial charge in [0, 0.05) is 18.8 Å². The van der Waals surface area contributed by atoms with Gasteiger partial charge in [0.15, 0.2) is 0 Å². The number of hydrogen-bond donors (Lipinski definition) is 1. The third-order valence-electron chi connectivity index (χ3n) is 3.29. The molecule has 1 aromatic rings. The van der Waals surface area contributed by atoms with Crippen molar-refractivity contribution in [2.45, 2.75) is 38.6 Å².